The molecule has 1 aliphatic heterocycles. The Kier molecular flexibility index (Phi) is 5.43. The van der Waals surface area contributed by atoms with E-state index in [9.17, 15) is 9.59 Å². The molecule has 1 unspecified atom stereocenters. The number of rotatable bonds is 3. The maximum absolute atomic E-state index is 11.5. The van der Waals surface area contributed by atoms with Crippen LogP contribution in [0, 0.1) is 0 Å². The number of hydrogen-bond donors (Lipinski definition) is 4. The second-order valence-corrected chi connectivity index (χ2v) is 4.13. The van der Waals surface area contributed by atoms with Crippen LogP contribution >= 0.6 is 0 Å². The Labute approximate surface area is 109 Å². The maximum Gasteiger partial charge on any atom is 0.330 e. The van der Waals surface area contributed by atoms with E-state index in [0.29, 0.717) is 12.8 Å². The molecule has 1 aromatic heterocycles. The fourth-order valence-electron chi connectivity index (χ4n) is 1.93. The first-order valence-electron chi connectivity index (χ1n) is 5.89. The fraction of sp³-hybridized carbons (Fsp3) is 0.636. The van der Waals surface area contributed by atoms with E-state index in [2.05, 4.69) is 10.7 Å². The predicted octanol–water partition coefficient (Wildman–Crippen LogP) is -1.86. The van der Waals surface area contributed by atoms with E-state index in [1.165, 1.54) is 23.9 Å². The number of nitrogens with two attached hydrogens (primary N) is 1. The lowest BCUT2D eigenvalue weighted by Gasteiger charge is -2.24. The molecule has 0 aromatic carbocycles. The van der Waals surface area contributed by atoms with E-state index in [0.717, 1.165) is 0 Å². The third kappa shape index (κ3) is 3.29. The van der Waals surface area contributed by atoms with E-state index >= 15 is 0 Å². The van der Waals surface area contributed by atoms with Crippen LogP contribution in [-0.4, -0.2) is 45.6 Å². The van der Waals surface area contributed by atoms with Crippen LogP contribution < -0.4 is 17.0 Å². The molecule has 0 spiro atoms. The van der Waals surface area contributed by atoms with Crippen molar-refractivity contribution in [3.05, 3.63) is 33.1 Å². The zero-order chi connectivity index (χ0) is 14.5. The molecule has 0 saturated carbocycles. The third-order valence-corrected chi connectivity index (χ3v) is 2.97. The Bertz CT molecular complexity index is 506. The summed E-state index contributed by atoms with van der Waals surface area (Å²) in [6.07, 6.45) is 1.72. The zero-order valence-corrected chi connectivity index (χ0v) is 10.7. The van der Waals surface area contributed by atoms with Crippen LogP contribution in [0.1, 0.15) is 19.1 Å². The Hall–Kier alpha value is -1.48. The smallest absolute Gasteiger partial charge is 0.330 e. The van der Waals surface area contributed by atoms with Crippen molar-refractivity contribution in [1.82, 2.24) is 9.55 Å². The van der Waals surface area contributed by atoms with Gasteiger partial charge in [-0.2, -0.15) is 0 Å². The molecule has 0 radical (unpaired) electrons. The monoisotopic (exact) mass is 273 g/mol. The van der Waals surface area contributed by atoms with Crippen LogP contribution in [0.25, 0.3) is 0 Å². The summed E-state index contributed by atoms with van der Waals surface area (Å²) in [6, 6.07) is 1.22. The summed E-state index contributed by atoms with van der Waals surface area (Å²) in [5.41, 5.74) is 2.47. The van der Waals surface area contributed by atoms with E-state index < -0.39 is 23.1 Å². The Morgan fingerprint density at radius 1 is 1.47 bits per heavy atom. The summed E-state index contributed by atoms with van der Waals surface area (Å²) >= 11 is 0. The number of nitrogens with one attached hydrogen (secondary N) is 1. The van der Waals surface area contributed by atoms with Gasteiger partial charge in [-0.25, -0.2) is 4.79 Å². The van der Waals surface area contributed by atoms with E-state index in [1.54, 1.807) is 0 Å². The second-order valence-electron chi connectivity index (χ2n) is 4.13. The van der Waals surface area contributed by atoms with Crippen LogP contribution in [0.5, 0.6) is 0 Å². The maximum atomic E-state index is 11.5. The molecular formula is C11H19N3O5. The van der Waals surface area contributed by atoms with Crippen molar-refractivity contribution in [2.45, 2.75) is 24.7 Å². The van der Waals surface area contributed by atoms with Gasteiger partial charge in [0.15, 0.2) is 0 Å². The second kappa shape index (κ2) is 6.62. The van der Waals surface area contributed by atoms with Crippen molar-refractivity contribution in [3.63, 3.8) is 0 Å². The highest BCUT2D eigenvalue weighted by atomic mass is 16.5. The first kappa shape index (κ1) is 15.6. The molecule has 0 bridgehead atoms. The first-order valence-corrected chi connectivity index (χ1v) is 5.89. The molecule has 19 heavy (non-hydrogen) atoms. The summed E-state index contributed by atoms with van der Waals surface area (Å²) in [5, 5.41) is 18.3. The van der Waals surface area contributed by atoms with Gasteiger partial charge in [-0.1, -0.05) is 0 Å². The van der Waals surface area contributed by atoms with Crippen molar-refractivity contribution in [2.24, 2.45) is 5.73 Å². The number of ether oxygens (including phenoxy) is 1. The Morgan fingerprint density at radius 2 is 2.11 bits per heavy atom. The average Bonchev–Trinajstić information content (AvgIpc) is 2.86. The lowest BCUT2D eigenvalue weighted by Crippen LogP contribution is -2.38. The van der Waals surface area contributed by atoms with Gasteiger partial charge in [-0.3, -0.25) is 14.3 Å². The largest absolute Gasteiger partial charge is 0.393 e. The summed E-state index contributed by atoms with van der Waals surface area (Å²) in [6.45, 7) is -0.615. The molecule has 2 heterocycles. The van der Waals surface area contributed by atoms with Gasteiger partial charge < -0.3 is 20.7 Å². The molecule has 1 aromatic rings. The molecule has 1 aliphatic rings. The van der Waals surface area contributed by atoms with Crippen LogP contribution in [0.4, 0.5) is 0 Å². The van der Waals surface area contributed by atoms with Crippen molar-refractivity contribution < 1.29 is 14.9 Å². The zero-order valence-electron chi connectivity index (χ0n) is 10.7. The van der Waals surface area contributed by atoms with Gasteiger partial charge in [0, 0.05) is 12.3 Å². The molecule has 5 N–H and O–H groups in total. The molecule has 1 atom stereocenters. The first-order chi connectivity index (χ1) is 9.10. The molecule has 2 rings (SSSR count). The van der Waals surface area contributed by atoms with Crippen molar-refractivity contribution >= 4 is 0 Å². The third-order valence-electron chi connectivity index (χ3n) is 2.97. The molecule has 1 fully saturated rings. The molecule has 1 saturated heterocycles. The van der Waals surface area contributed by atoms with Crippen LogP contribution in [0.3, 0.4) is 0 Å². The normalized spacial score (nSPS) is 20.7. The number of nitrogens with zero attached hydrogens (tertiary/aromatic N) is 1. The number of aliphatic hydroxyl groups excluding tert-OH is 2. The molecule has 8 nitrogen and oxygen atoms in total. The van der Waals surface area contributed by atoms with Gasteiger partial charge in [0.05, 0.1) is 13.2 Å². The standard InChI is InChI=1S/C10H14N2O5.CH5N/c13-5-10(6-14)3-1-8(17-10)12-4-2-7(15)11-9(12)16;1-2/h2,4,8,13-14H,1,3,5-6H2,(H,11,15,16);2H2,1H3. The van der Waals surface area contributed by atoms with Gasteiger partial charge in [0.1, 0.15) is 11.8 Å². The van der Waals surface area contributed by atoms with E-state index in [-0.39, 0.29) is 13.2 Å². The topological polar surface area (TPSA) is 131 Å². The highest BCUT2D eigenvalue weighted by Crippen LogP contribution is 2.34. The molecule has 0 amide bonds. The number of H-pyrrole nitrogens is 1. The number of aromatic nitrogens is 2. The summed E-state index contributed by atoms with van der Waals surface area (Å²) in [7, 11) is 1.50. The quantitative estimate of drug-likeness (QED) is 0.511. The molecule has 0 aliphatic carbocycles. The summed E-state index contributed by atoms with van der Waals surface area (Å²) < 4.78 is 6.74. The Balaban J connectivity index is 0.000000861. The van der Waals surface area contributed by atoms with Crippen molar-refractivity contribution in [2.75, 3.05) is 20.3 Å². The van der Waals surface area contributed by atoms with Crippen LogP contribution in [-0.2, 0) is 4.74 Å². The lowest BCUT2D eigenvalue weighted by atomic mass is 10.0. The van der Waals surface area contributed by atoms with Crippen molar-refractivity contribution in [1.29, 1.82) is 0 Å². The number of hydrogen-bond acceptors (Lipinski definition) is 6. The molecular weight excluding hydrogens is 254 g/mol. The SMILES string of the molecule is CN.O=c1ccn(C2CCC(CO)(CO)O2)c(=O)[nH]1. The minimum absolute atomic E-state index is 0.307. The van der Waals surface area contributed by atoms with Gasteiger partial charge in [-0.05, 0) is 19.9 Å². The fourth-order valence-corrected chi connectivity index (χ4v) is 1.93. The number of aromatic amines is 1. The van der Waals surface area contributed by atoms with Gasteiger partial charge in [-0.15, -0.1) is 0 Å². The molecule has 8 heteroatoms. The number of aliphatic hydroxyl groups is 2. The van der Waals surface area contributed by atoms with Gasteiger partial charge in [0.25, 0.3) is 5.56 Å². The van der Waals surface area contributed by atoms with Crippen LogP contribution in [0.2, 0.25) is 0 Å². The highest BCUT2D eigenvalue weighted by Gasteiger charge is 2.40. The lowest BCUT2D eigenvalue weighted by molar-refractivity contribution is -0.122. The van der Waals surface area contributed by atoms with E-state index in [4.69, 9.17) is 14.9 Å². The summed E-state index contributed by atoms with van der Waals surface area (Å²) in [5.74, 6) is 0. The summed E-state index contributed by atoms with van der Waals surface area (Å²) in [4.78, 5) is 24.6. The van der Waals surface area contributed by atoms with Crippen LogP contribution in [0.15, 0.2) is 21.9 Å². The van der Waals surface area contributed by atoms with Crippen molar-refractivity contribution in [3.8, 4) is 0 Å². The molecule has 108 valence electrons. The highest BCUT2D eigenvalue weighted by molar-refractivity contribution is 4.90. The predicted molar refractivity (Wildman–Crippen MR) is 67.7 cm³/mol. The minimum Gasteiger partial charge on any atom is -0.393 e. The van der Waals surface area contributed by atoms with Gasteiger partial charge >= 0.3 is 5.69 Å². The van der Waals surface area contributed by atoms with Gasteiger partial charge in [0.2, 0.25) is 0 Å². The minimum atomic E-state index is -1.000. The Morgan fingerprint density at radius 3 is 2.58 bits per heavy atom. The average molecular weight is 273 g/mol. The van der Waals surface area contributed by atoms with E-state index in [1.807, 2.05) is 0 Å².